The number of phosphoric acid groups is 1. The van der Waals surface area contributed by atoms with E-state index in [9.17, 15) is 28.6 Å². The molecule has 55 heavy (non-hydrogen) atoms. The van der Waals surface area contributed by atoms with E-state index in [4.69, 9.17) is 24.8 Å². The first-order valence-electron chi connectivity index (χ1n) is 20.3. The number of esters is 2. The van der Waals surface area contributed by atoms with E-state index >= 15 is 0 Å². The Kier molecular flexibility index (Phi) is 34.4. The van der Waals surface area contributed by atoms with E-state index in [1.165, 1.54) is 0 Å². The van der Waals surface area contributed by atoms with Crippen molar-refractivity contribution in [2.24, 2.45) is 5.73 Å². The Labute approximate surface area is 330 Å². The van der Waals surface area contributed by atoms with Crippen LogP contribution < -0.4 is 5.73 Å². The normalized spacial score (nSPS) is 14.3. The van der Waals surface area contributed by atoms with Gasteiger partial charge in [-0.25, -0.2) is 4.57 Å². The predicted molar refractivity (Wildman–Crippen MR) is 217 cm³/mol. The zero-order valence-electron chi connectivity index (χ0n) is 33.5. The molecule has 0 fully saturated rings. The van der Waals surface area contributed by atoms with Crippen LogP contribution in [0.15, 0.2) is 60.8 Å². The molecule has 0 aromatic carbocycles. The first-order valence-corrected chi connectivity index (χ1v) is 21.8. The molecular formula is C42H70NO11P. The van der Waals surface area contributed by atoms with E-state index in [1.807, 2.05) is 12.2 Å². The third-order valence-electron chi connectivity index (χ3n) is 8.23. The standard InChI is InChI=1S/C42H70NO11P/c1-3-5-7-8-9-10-11-12-13-14-15-18-21-24-28-32-40(45)51-34-38(35-52-55(49,50)53-36-39(43)42(47)48)54-41(46)33-29-25-22-19-16-17-20-23-27-31-37(44)30-26-6-4-2/h5,7,9-10,12-13,20,23,27,31,38-39H,3-4,6,8,11,14-19,21-22,24-26,28-30,32-36,43H2,1-2H3,(H,47,48)(H,49,50)/b7-5-,10-9-,13-12-,23-20-,31-27+/t38-,39+/m1/s1. The number of hydrogen-bond acceptors (Lipinski definition) is 10. The zero-order chi connectivity index (χ0) is 40.8. The SMILES string of the molecule is CC/C=C\C/C=C\C/C=C\CCCCCCCC(=O)OC[C@H](COP(=O)(O)OC[C@H](N)C(=O)O)OC(=O)CCCCCCC/C=C\C=C\C(=O)CCCCC. The fourth-order valence-electron chi connectivity index (χ4n) is 5.00. The molecule has 314 valence electrons. The Morgan fingerprint density at radius 1 is 0.636 bits per heavy atom. The van der Waals surface area contributed by atoms with Crippen LogP contribution in [0.1, 0.15) is 149 Å². The van der Waals surface area contributed by atoms with Gasteiger partial charge in [-0.05, 0) is 70.3 Å². The number of carbonyl (C=O) groups excluding carboxylic acids is 3. The van der Waals surface area contributed by atoms with Gasteiger partial charge in [-0.3, -0.25) is 28.2 Å². The molecule has 0 aliphatic carbocycles. The van der Waals surface area contributed by atoms with Gasteiger partial charge < -0.3 is 25.2 Å². The lowest BCUT2D eigenvalue weighted by atomic mass is 10.1. The molecule has 3 atom stereocenters. The number of aliphatic carboxylic acids is 1. The van der Waals surface area contributed by atoms with Crippen molar-refractivity contribution < 1.29 is 52.3 Å². The smallest absolute Gasteiger partial charge is 0.472 e. The fourth-order valence-corrected chi connectivity index (χ4v) is 5.78. The van der Waals surface area contributed by atoms with Gasteiger partial charge in [0.2, 0.25) is 0 Å². The first kappa shape index (κ1) is 51.9. The third kappa shape index (κ3) is 36.3. The minimum Gasteiger partial charge on any atom is -0.480 e. The number of carboxylic acid groups (broad SMARTS) is 1. The summed E-state index contributed by atoms with van der Waals surface area (Å²) in [6.07, 6.45) is 37.0. The number of nitrogens with two attached hydrogens (primary N) is 1. The van der Waals surface area contributed by atoms with Gasteiger partial charge in [0, 0.05) is 19.3 Å². The van der Waals surface area contributed by atoms with Crippen molar-refractivity contribution in [3.63, 3.8) is 0 Å². The molecule has 0 amide bonds. The fraction of sp³-hybridized carbons (Fsp3) is 0.667. The largest absolute Gasteiger partial charge is 0.480 e. The lowest BCUT2D eigenvalue weighted by molar-refractivity contribution is -0.161. The molecule has 0 bridgehead atoms. The van der Waals surface area contributed by atoms with Gasteiger partial charge in [0.25, 0.3) is 0 Å². The Hall–Kier alpha value is -3.15. The number of carboxylic acids is 1. The van der Waals surface area contributed by atoms with E-state index in [-0.39, 0.29) is 25.2 Å². The van der Waals surface area contributed by atoms with Gasteiger partial charge >= 0.3 is 25.7 Å². The van der Waals surface area contributed by atoms with Crippen LogP contribution in [0.25, 0.3) is 0 Å². The first-order chi connectivity index (χ1) is 26.5. The predicted octanol–water partition coefficient (Wildman–Crippen LogP) is 9.57. The summed E-state index contributed by atoms with van der Waals surface area (Å²) >= 11 is 0. The van der Waals surface area contributed by atoms with Gasteiger partial charge in [0.05, 0.1) is 13.2 Å². The van der Waals surface area contributed by atoms with E-state index < -0.39 is 51.1 Å². The van der Waals surface area contributed by atoms with Crippen molar-refractivity contribution in [1.82, 2.24) is 0 Å². The molecule has 0 aliphatic heterocycles. The molecule has 0 heterocycles. The van der Waals surface area contributed by atoms with Crippen molar-refractivity contribution in [2.45, 2.75) is 161 Å². The number of ketones is 1. The highest BCUT2D eigenvalue weighted by Gasteiger charge is 2.28. The number of rotatable bonds is 37. The summed E-state index contributed by atoms with van der Waals surface area (Å²) in [5.41, 5.74) is 5.31. The number of allylic oxidation sites excluding steroid dienone is 10. The molecule has 13 heteroatoms. The van der Waals surface area contributed by atoms with Gasteiger partial charge in [-0.15, -0.1) is 0 Å². The Morgan fingerprint density at radius 3 is 1.82 bits per heavy atom. The minimum atomic E-state index is -4.74. The topological polar surface area (TPSA) is 189 Å². The van der Waals surface area contributed by atoms with Gasteiger partial charge in [0.1, 0.15) is 12.6 Å². The van der Waals surface area contributed by atoms with Crippen molar-refractivity contribution >= 4 is 31.5 Å². The number of phosphoric ester groups is 1. The second-order valence-electron chi connectivity index (χ2n) is 13.4. The Bertz CT molecular complexity index is 1230. The number of carbonyl (C=O) groups is 4. The molecule has 0 radical (unpaired) electrons. The molecule has 4 N–H and O–H groups in total. The van der Waals surface area contributed by atoms with Crippen LogP contribution in [0.3, 0.4) is 0 Å². The van der Waals surface area contributed by atoms with E-state index in [0.717, 1.165) is 103 Å². The quantitative estimate of drug-likeness (QED) is 0.0135. The maximum atomic E-state index is 12.6. The maximum Gasteiger partial charge on any atom is 0.472 e. The highest BCUT2D eigenvalue weighted by molar-refractivity contribution is 7.47. The van der Waals surface area contributed by atoms with E-state index in [0.29, 0.717) is 19.3 Å². The number of ether oxygens (including phenoxy) is 2. The van der Waals surface area contributed by atoms with Gasteiger partial charge in [-0.1, -0.05) is 120 Å². The molecule has 0 spiro atoms. The van der Waals surface area contributed by atoms with Gasteiger partial charge in [-0.2, -0.15) is 0 Å². The van der Waals surface area contributed by atoms with Gasteiger partial charge in [0.15, 0.2) is 11.9 Å². The average molecular weight is 796 g/mol. The van der Waals surface area contributed by atoms with Crippen LogP contribution in [-0.4, -0.2) is 65.7 Å². The van der Waals surface area contributed by atoms with E-state index in [1.54, 1.807) is 12.2 Å². The molecule has 0 rings (SSSR count). The number of unbranched alkanes of at least 4 members (excludes halogenated alkanes) is 12. The minimum absolute atomic E-state index is 0.103. The monoisotopic (exact) mass is 795 g/mol. The Morgan fingerprint density at radius 2 is 1.18 bits per heavy atom. The molecule has 0 aromatic rings. The molecule has 0 aromatic heterocycles. The van der Waals surface area contributed by atoms with Crippen molar-refractivity contribution in [3.05, 3.63) is 60.8 Å². The average Bonchev–Trinajstić information content (AvgIpc) is 3.15. The summed E-state index contributed by atoms with van der Waals surface area (Å²) in [7, 11) is -4.74. The summed E-state index contributed by atoms with van der Waals surface area (Å²) in [6.45, 7) is 2.45. The highest BCUT2D eigenvalue weighted by atomic mass is 31.2. The van der Waals surface area contributed by atoms with Crippen molar-refractivity contribution in [1.29, 1.82) is 0 Å². The van der Waals surface area contributed by atoms with Crippen LogP contribution in [0.5, 0.6) is 0 Å². The summed E-state index contributed by atoms with van der Waals surface area (Å²) in [4.78, 5) is 57.6. The molecule has 0 saturated heterocycles. The highest BCUT2D eigenvalue weighted by Crippen LogP contribution is 2.43. The van der Waals surface area contributed by atoms with Crippen LogP contribution >= 0.6 is 7.82 Å². The second kappa shape index (κ2) is 36.5. The van der Waals surface area contributed by atoms with E-state index in [2.05, 4.69) is 54.8 Å². The molecule has 0 saturated carbocycles. The summed E-state index contributed by atoms with van der Waals surface area (Å²) in [5, 5.41) is 8.87. The maximum absolute atomic E-state index is 12.6. The zero-order valence-corrected chi connectivity index (χ0v) is 34.4. The van der Waals surface area contributed by atoms with Crippen molar-refractivity contribution in [3.8, 4) is 0 Å². The second-order valence-corrected chi connectivity index (χ2v) is 14.9. The lowest BCUT2D eigenvalue weighted by Crippen LogP contribution is -2.34. The lowest BCUT2D eigenvalue weighted by Gasteiger charge is -2.20. The summed E-state index contributed by atoms with van der Waals surface area (Å²) < 4.78 is 32.5. The summed E-state index contributed by atoms with van der Waals surface area (Å²) in [5.74, 6) is -2.33. The molecular weight excluding hydrogens is 725 g/mol. The summed E-state index contributed by atoms with van der Waals surface area (Å²) in [6, 6.07) is -1.54. The van der Waals surface area contributed by atoms with Crippen LogP contribution in [0, 0.1) is 0 Å². The molecule has 0 aliphatic rings. The third-order valence-corrected chi connectivity index (χ3v) is 9.18. The number of hydrogen-bond donors (Lipinski definition) is 3. The molecule has 1 unspecified atom stereocenters. The Balaban J connectivity index is 4.51. The van der Waals surface area contributed by atoms with Crippen LogP contribution in [0.4, 0.5) is 0 Å². The molecule has 12 nitrogen and oxygen atoms in total. The van der Waals surface area contributed by atoms with Crippen LogP contribution in [0.2, 0.25) is 0 Å². The van der Waals surface area contributed by atoms with Crippen LogP contribution in [-0.2, 0) is 42.3 Å². The van der Waals surface area contributed by atoms with Crippen molar-refractivity contribution in [2.75, 3.05) is 19.8 Å².